The summed E-state index contributed by atoms with van der Waals surface area (Å²) in [5, 5.41) is 23.9. The molecule has 0 radical (unpaired) electrons. The Morgan fingerprint density at radius 2 is 1.59 bits per heavy atom. The molecule has 19 atom stereocenters. The highest BCUT2D eigenvalue weighted by atomic mass is 16.7. The van der Waals surface area contributed by atoms with Crippen LogP contribution in [-0.4, -0.2) is 183 Å². The van der Waals surface area contributed by atoms with Gasteiger partial charge < -0.3 is 72.2 Å². The van der Waals surface area contributed by atoms with Gasteiger partial charge in [-0.25, -0.2) is 0 Å². The van der Waals surface area contributed by atoms with Gasteiger partial charge in [0.05, 0.1) is 48.9 Å². The molecule has 0 saturated carbocycles. The molecule has 68 heavy (non-hydrogen) atoms. The Hall–Kier alpha value is -2.88. The third kappa shape index (κ3) is 15.8. The number of aliphatic hydroxyl groups is 2. The molecule has 3 fully saturated rings. The van der Waals surface area contributed by atoms with Crippen LogP contribution >= 0.6 is 0 Å². The lowest BCUT2D eigenvalue weighted by atomic mass is 9.82. The Bertz CT molecular complexity index is 1660. The zero-order valence-corrected chi connectivity index (χ0v) is 43.0. The van der Waals surface area contributed by atoms with E-state index in [1.807, 2.05) is 52.2 Å². The van der Waals surface area contributed by atoms with Crippen molar-refractivity contribution < 1.29 is 76.8 Å². The van der Waals surface area contributed by atoms with E-state index in [-0.39, 0.29) is 43.7 Å². The van der Waals surface area contributed by atoms with Crippen molar-refractivity contribution in [1.82, 2.24) is 9.80 Å². The molecular formula is C50H84N2O16. The number of ether oxygens (including phenoxy) is 10. The standard InChI is InChI=1S/C50H84N2O16/c1-15-38(54)64-37-26-39(55)60-30(5)19-17-16-18-20-36(65-40-22-21-35(51(10)11)31(6)61-40)29(4)25-34(23-24-53)45(46(37)59-14)67-49-43(56)42(52(12)13)44(32(7)63-49)66-41-27-50(9,58)47(33(8)62-41)68-48(57)28(2)3/h16-18,20,24,28-37,40-47,49,56,58H,15,19,21-23,25-27H2,1-14H3. The molecule has 4 rings (SSSR count). The maximum Gasteiger partial charge on any atom is 0.309 e. The lowest BCUT2D eigenvalue weighted by Gasteiger charge is -2.50. The highest BCUT2D eigenvalue weighted by Gasteiger charge is 2.53. The zero-order chi connectivity index (χ0) is 50.6. The SMILES string of the molecule is CCC(=O)OC1CC(=O)OC(C)CC=CC=CC(OC2CCC(N(C)C)C(C)O2)C(C)CC(CC=O)C(OC2OC(C)C(OC3CC(C)(O)C(OC(=O)C(C)C)C(C)O3)C(N(C)C)C2O)C1OC. The molecule has 3 saturated heterocycles. The normalized spacial score (nSPS) is 40.2. The van der Waals surface area contributed by atoms with Gasteiger partial charge in [-0.1, -0.05) is 52.0 Å². The predicted molar refractivity (Wildman–Crippen MR) is 250 cm³/mol. The maximum absolute atomic E-state index is 13.6. The predicted octanol–water partition coefficient (Wildman–Crippen LogP) is 4.49. The Morgan fingerprint density at radius 3 is 2.18 bits per heavy atom. The first kappa shape index (κ1) is 57.7. The van der Waals surface area contributed by atoms with Crippen LogP contribution in [0.2, 0.25) is 0 Å². The van der Waals surface area contributed by atoms with Crippen LogP contribution in [0.15, 0.2) is 24.3 Å². The number of carbonyl (C=O) groups is 4. The van der Waals surface area contributed by atoms with Crippen LogP contribution in [0.25, 0.3) is 0 Å². The fourth-order valence-electron chi connectivity index (χ4n) is 9.92. The first-order chi connectivity index (χ1) is 32.0. The number of carbonyl (C=O) groups excluding carboxylic acids is 4. The van der Waals surface area contributed by atoms with E-state index in [1.165, 1.54) is 7.11 Å². The van der Waals surface area contributed by atoms with Gasteiger partial charge >= 0.3 is 17.9 Å². The van der Waals surface area contributed by atoms with E-state index in [0.717, 1.165) is 12.7 Å². The smallest absolute Gasteiger partial charge is 0.309 e. The summed E-state index contributed by atoms with van der Waals surface area (Å²) >= 11 is 0. The molecule has 0 aliphatic carbocycles. The van der Waals surface area contributed by atoms with E-state index in [2.05, 4.69) is 4.90 Å². The number of rotatable bonds is 15. The number of methoxy groups -OCH3 is 1. The lowest BCUT2D eigenvalue weighted by molar-refractivity contribution is -0.344. The van der Waals surface area contributed by atoms with Crippen LogP contribution in [0.3, 0.4) is 0 Å². The Kier molecular flexibility index (Phi) is 22.5. The van der Waals surface area contributed by atoms with Gasteiger partial charge in [-0.2, -0.15) is 0 Å². The highest BCUT2D eigenvalue weighted by molar-refractivity contribution is 5.73. The van der Waals surface area contributed by atoms with E-state index in [9.17, 15) is 29.4 Å². The van der Waals surface area contributed by atoms with Crippen LogP contribution in [0, 0.1) is 17.8 Å². The summed E-state index contributed by atoms with van der Waals surface area (Å²) in [6.07, 6.45) is -1.94. The minimum absolute atomic E-state index is 0.00252. The fourth-order valence-corrected chi connectivity index (χ4v) is 9.92. The van der Waals surface area contributed by atoms with Crippen LogP contribution < -0.4 is 0 Å². The third-order valence-corrected chi connectivity index (χ3v) is 13.6. The summed E-state index contributed by atoms with van der Waals surface area (Å²) in [4.78, 5) is 55.9. The number of cyclic esters (lactones) is 1. The molecule has 0 aromatic heterocycles. The van der Waals surface area contributed by atoms with Crippen molar-refractivity contribution in [1.29, 1.82) is 0 Å². The molecule has 4 aliphatic rings. The number of aliphatic hydroxyl groups excluding tert-OH is 1. The molecule has 2 N–H and O–H groups in total. The van der Waals surface area contributed by atoms with Gasteiger partial charge in [0.15, 0.2) is 25.0 Å². The van der Waals surface area contributed by atoms with Crippen molar-refractivity contribution in [3.8, 4) is 0 Å². The summed E-state index contributed by atoms with van der Waals surface area (Å²) in [6, 6.07) is -0.551. The van der Waals surface area contributed by atoms with E-state index < -0.39 is 121 Å². The summed E-state index contributed by atoms with van der Waals surface area (Å²) in [6.45, 7) is 15.9. The monoisotopic (exact) mass is 969 g/mol. The molecule has 18 nitrogen and oxygen atoms in total. The fraction of sp³-hybridized carbons (Fsp3) is 0.840. The lowest BCUT2D eigenvalue weighted by Crippen LogP contribution is -2.66. The topological polar surface area (TPSA) is 208 Å². The van der Waals surface area contributed by atoms with Crippen molar-refractivity contribution in [3.63, 3.8) is 0 Å². The van der Waals surface area contributed by atoms with Crippen LogP contribution in [0.5, 0.6) is 0 Å². The van der Waals surface area contributed by atoms with Crippen LogP contribution in [0.1, 0.15) is 114 Å². The maximum atomic E-state index is 13.6. The molecular weight excluding hydrogens is 885 g/mol. The summed E-state index contributed by atoms with van der Waals surface area (Å²) in [7, 11) is 9.03. The molecule has 390 valence electrons. The van der Waals surface area contributed by atoms with Crippen molar-refractivity contribution in [2.75, 3.05) is 35.3 Å². The molecule has 4 heterocycles. The molecule has 0 aromatic rings. The second-order valence-electron chi connectivity index (χ2n) is 20.2. The molecule has 19 unspecified atom stereocenters. The van der Waals surface area contributed by atoms with Crippen molar-refractivity contribution in [3.05, 3.63) is 24.3 Å². The van der Waals surface area contributed by atoms with Crippen molar-refractivity contribution in [2.24, 2.45) is 17.8 Å². The number of hydrogen-bond donors (Lipinski definition) is 2. The minimum atomic E-state index is -1.51. The van der Waals surface area contributed by atoms with Gasteiger partial charge in [-0.05, 0) is 93.9 Å². The van der Waals surface area contributed by atoms with E-state index in [4.69, 9.17) is 47.4 Å². The highest BCUT2D eigenvalue weighted by Crippen LogP contribution is 2.38. The first-order valence-corrected chi connectivity index (χ1v) is 24.6. The van der Waals surface area contributed by atoms with Gasteiger partial charge in [0.1, 0.15) is 42.4 Å². The van der Waals surface area contributed by atoms with Gasteiger partial charge in [0.2, 0.25) is 0 Å². The number of esters is 3. The van der Waals surface area contributed by atoms with Gasteiger partial charge in [-0.3, -0.25) is 14.4 Å². The second-order valence-corrected chi connectivity index (χ2v) is 20.2. The van der Waals surface area contributed by atoms with Crippen molar-refractivity contribution >= 4 is 24.2 Å². The third-order valence-electron chi connectivity index (χ3n) is 13.6. The van der Waals surface area contributed by atoms with Crippen molar-refractivity contribution in [2.45, 2.75) is 217 Å². The van der Waals surface area contributed by atoms with Crippen LogP contribution in [-0.2, 0) is 66.5 Å². The molecule has 0 aromatic carbocycles. The molecule has 0 amide bonds. The summed E-state index contributed by atoms with van der Waals surface area (Å²) < 4.78 is 62.9. The second kappa shape index (κ2) is 26.5. The number of allylic oxidation sites excluding steroid dienone is 2. The quantitative estimate of drug-likeness (QED) is 0.132. The van der Waals surface area contributed by atoms with Gasteiger partial charge in [-0.15, -0.1) is 0 Å². The minimum Gasteiger partial charge on any atom is -0.462 e. The Labute approximate surface area is 404 Å². The Balaban J connectivity index is 1.72. The average Bonchev–Trinajstić information content (AvgIpc) is 3.24. The molecule has 18 heteroatoms. The van der Waals surface area contributed by atoms with Crippen LogP contribution in [0.4, 0.5) is 0 Å². The first-order valence-electron chi connectivity index (χ1n) is 24.6. The van der Waals surface area contributed by atoms with E-state index >= 15 is 0 Å². The largest absolute Gasteiger partial charge is 0.462 e. The summed E-state index contributed by atoms with van der Waals surface area (Å²) in [5.74, 6) is -3.03. The Morgan fingerprint density at radius 1 is 0.897 bits per heavy atom. The zero-order valence-electron chi connectivity index (χ0n) is 43.0. The van der Waals surface area contributed by atoms with Gasteiger partial charge in [0.25, 0.3) is 0 Å². The summed E-state index contributed by atoms with van der Waals surface area (Å²) in [5.41, 5.74) is -1.51. The van der Waals surface area contributed by atoms with E-state index in [0.29, 0.717) is 19.3 Å². The number of hydrogen-bond acceptors (Lipinski definition) is 18. The van der Waals surface area contributed by atoms with Gasteiger partial charge in [0, 0.05) is 38.8 Å². The number of nitrogens with zero attached hydrogens (tertiary/aromatic N) is 2. The average molecular weight is 969 g/mol. The number of aldehydes is 1. The molecule has 4 aliphatic heterocycles. The molecule has 0 spiro atoms. The number of likely N-dealkylation sites (N-methyl/N-ethyl adjacent to an activating group) is 2. The molecule has 0 bridgehead atoms. The van der Waals surface area contributed by atoms with E-state index in [1.54, 1.807) is 67.5 Å².